The van der Waals surface area contributed by atoms with E-state index in [0.29, 0.717) is 12.8 Å². The Hall–Kier alpha value is -4.68. The summed E-state index contributed by atoms with van der Waals surface area (Å²) in [6.45, 7) is 7.03. The highest BCUT2D eigenvalue weighted by Gasteiger charge is 2.34. The average molecular weight is 657 g/mol. The van der Waals surface area contributed by atoms with E-state index in [1.165, 1.54) is 0 Å². The van der Waals surface area contributed by atoms with Crippen LogP contribution in [0.3, 0.4) is 0 Å². The van der Waals surface area contributed by atoms with Gasteiger partial charge in [-0.05, 0) is 43.9 Å². The lowest BCUT2D eigenvalue weighted by molar-refractivity contribution is -0.143. The molecule has 0 saturated carbocycles. The van der Waals surface area contributed by atoms with E-state index in [-0.39, 0.29) is 50.7 Å². The summed E-state index contributed by atoms with van der Waals surface area (Å²) in [6, 6.07) is -5.86. The van der Waals surface area contributed by atoms with Gasteiger partial charge in [0.15, 0.2) is 11.9 Å². The summed E-state index contributed by atoms with van der Waals surface area (Å²) < 4.78 is 0. The third kappa shape index (κ3) is 17.0. The van der Waals surface area contributed by atoms with E-state index in [0.717, 1.165) is 0 Å². The van der Waals surface area contributed by atoms with Gasteiger partial charge in [0.05, 0.1) is 6.04 Å². The summed E-state index contributed by atoms with van der Waals surface area (Å²) in [5.41, 5.74) is 32.4. The molecule has 0 unspecified atom stereocenters. The minimum atomic E-state index is -1.42. The number of rotatable bonds is 22. The zero-order valence-corrected chi connectivity index (χ0v) is 27.0. The number of nitrogens with zero attached hydrogens (tertiary/aromatic N) is 2. The monoisotopic (exact) mass is 656 g/mol. The van der Waals surface area contributed by atoms with Gasteiger partial charge in [0.25, 0.3) is 0 Å². The fourth-order valence-corrected chi connectivity index (χ4v) is 4.07. The van der Waals surface area contributed by atoms with E-state index >= 15 is 0 Å². The topological polar surface area (TPSA) is 352 Å². The summed E-state index contributed by atoms with van der Waals surface area (Å²) in [7, 11) is 0. The molecule has 0 aromatic rings. The second-order valence-corrected chi connectivity index (χ2v) is 11.4. The average Bonchev–Trinajstić information content (AvgIpc) is 2.94. The Morgan fingerprint density at radius 3 is 1.48 bits per heavy atom. The molecule has 0 aliphatic heterocycles. The highest BCUT2D eigenvalue weighted by molar-refractivity contribution is 5.95. The first kappa shape index (κ1) is 41.3. The highest BCUT2D eigenvalue weighted by Crippen LogP contribution is 2.10. The first-order valence-electron chi connectivity index (χ1n) is 15.0. The van der Waals surface area contributed by atoms with Gasteiger partial charge in [0.1, 0.15) is 24.2 Å². The number of hydrogen-bond donors (Lipinski definition) is 11. The normalized spacial score (nSPS) is 14.2. The number of aliphatic imine (C=N–C) groups is 2. The molecule has 0 saturated heterocycles. The number of carbonyl (C=O) groups is 6. The summed E-state index contributed by atoms with van der Waals surface area (Å²) in [5, 5.41) is 19.6. The van der Waals surface area contributed by atoms with E-state index in [9.17, 15) is 33.9 Å². The van der Waals surface area contributed by atoms with Crippen LogP contribution in [0.2, 0.25) is 0 Å². The molecule has 0 aliphatic rings. The van der Waals surface area contributed by atoms with Crippen molar-refractivity contribution in [1.29, 1.82) is 0 Å². The second-order valence-electron chi connectivity index (χ2n) is 11.4. The number of guanidine groups is 2. The standard InChI is InChI=1S/C27H52N12O7/c1-13(2)19(23(43)37-17(25(45)46)9-10-18(29)40)39-24(44)20(14(3)4)38-22(42)16(8-6-12-35-27(32)33)36-21(41)15(28)7-5-11-34-26(30)31/h13-17,19-20H,5-12,28H2,1-4H3,(H2,29,40)(H,36,41)(H,37,43)(H,38,42)(H,39,44)(H,45,46)(H4,30,31,34)(H4,32,33,35)/t15-,16-,17-,19-,20-/m0/s1. The number of carboxylic acid groups (broad SMARTS) is 1. The van der Waals surface area contributed by atoms with Gasteiger partial charge in [-0.2, -0.15) is 0 Å². The van der Waals surface area contributed by atoms with Crippen molar-refractivity contribution >= 4 is 47.4 Å². The quantitative estimate of drug-likeness (QED) is 0.0302. The Kier molecular flexibility index (Phi) is 19.0. The molecule has 0 heterocycles. The maximum atomic E-state index is 13.4. The molecular weight excluding hydrogens is 604 g/mol. The van der Waals surface area contributed by atoms with Crippen LogP contribution in [0.5, 0.6) is 0 Å². The molecule has 17 N–H and O–H groups in total. The van der Waals surface area contributed by atoms with Crippen molar-refractivity contribution < 1.29 is 33.9 Å². The number of hydrogen-bond acceptors (Lipinski definition) is 9. The molecule has 0 spiro atoms. The summed E-state index contributed by atoms with van der Waals surface area (Å²) in [4.78, 5) is 83.1. The minimum Gasteiger partial charge on any atom is -0.480 e. The molecule has 262 valence electrons. The molecule has 0 bridgehead atoms. The number of nitrogens with one attached hydrogen (secondary N) is 4. The molecule has 0 fully saturated rings. The smallest absolute Gasteiger partial charge is 0.326 e. The number of amides is 5. The number of carboxylic acids is 1. The summed E-state index contributed by atoms with van der Waals surface area (Å²) in [5.74, 6) is -6.14. The minimum absolute atomic E-state index is 0.0933. The van der Waals surface area contributed by atoms with Crippen molar-refractivity contribution in [2.45, 2.75) is 96.4 Å². The molecular formula is C27H52N12O7. The number of nitrogens with two attached hydrogens (primary N) is 6. The highest BCUT2D eigenvalue weighted by atomic mass is 16.4. The Bertz CT molecular complexity index is 1100. The molecule has 0 aromatic carbocycles. The Morgan fingerprint density at radius 1 is 0.609 bits per heavy atom. The van der Waals surface area contributed by atoms with Crippen LogP contribution in [-0.2, 0) is 28.8 Å². The zero-order chi connectivity index (χ0) is 35.6. The molecule has 19 nitrogen and oxygen atoms in total. The van der Waals surface area contributed by atoms with Gasteiger partial charge in [-0.3, -0.25) is 34.0 Å². The number of carbonyl (C=O) groups excluding carboxylic acids is 5. The van der Waals surface area contributed by atoms with Gasteiger partial charge < -0.3 is 60.8 Å². The largest absolute Gasteiger partial charge is 0.480 e. The first-order valence-corrected chi connectivity index (χ1v) is 15.0. The molecule has 5 amide bonds. The first-order chi connectivity index (χ1) is 21.4. The lowest BCUT2D eigenvalue weighted by Crippen LogP contribution is -2.60. The predicted octanol–water partition coefficient (Wildman–Crippen LogP) is -3.98. The third-order valence-electron chi connectivity index (χ3n) is 6.67. The molecule has 0 aromatic heterocycles. The van der Waals surface area contributed by atoms with Gasteiger partial charge in [-0.1, -0.05) is 27.7 Å². The predicted molar refractivity (Wildman–Crippen MR) is 171 cm³/mol. The van der Waals surface area contributed by atoms with Crippen LogP contribution < -0.4 is 55.7 Å². The maximum absolute atomic E-state index is 13.4. The van der Waals surface area contributed by atoms with E-state index in [1.54, 1.807) is 27.7 Å². The fraction of sp³-hybridized carbons (Fsp3) is 0.704. The lowest BCUT2D eigenvalue weighted by atomic mass is 9.98. The van der Waals surface area contributed by atoms with Crippen molar-refractivity contribution in [1.82, 2.24) is 21.3 Å². The van der Waals surface area contributed by atoms with Crippen molar-refractivity contribution in [3.63, 3.8) is 0 Å². The molecule has 46 heavy (non-hydrogen) atoms. The summed E-state index contributed by atoms with van der Waals surface area (Å²) in [6.07, 6.45) is 0.517. The lowest BCUT2D eigenvalue weighted by Gasteiger charge is -2.29. The third-order valence-corrected chi connectivity index (χ3v) is 6.67. The molecule has 5 atom stereocenters. The van der Waals surface area contributed by atoms with E-state index in [1.807, 2.05) is 0 Å². The van der Waals surface area contributed by atoms with Crippen LogP contribution in [-0.4, -0.2) is 95.8 Å². The number of aliphatic carboxylic acids is 1. The van der Waals surface area contributed by atoms with Gasteiger partial charge in [0, 0.05) is 19.5 Å². The molecule has 19 heteroatoms. The van der Waals surface area contributed by atoms with Crippen molar-refractivity contribution in [3.8, 4) is 0 Å². The van der Waals surface area contributed by atoms with E-state index in [2.05, 4.69) is 31.3 Å². The molecule has 0 radical (unpaired) electrons. The van der Waals surface area contributed by atoms with Crippen LogP contribution in [0.4, 0.5) is 0 Å². The van der Waals surface area contributed by atoms with Crippen LogP contribution in [0, 0.1) is 11.8 Å². The van der Waals surface area contributed by atoms with Crippen molar-refractivity contribution in [3.05, 3.63) is 0 Å². The van der Waals surface area contributed by atoms with Crippen molar-refractivity contribution in [2.75, 3.05) is 13.1 Å². The zero-order valence-electron chi connectivity index (χ0n) is 27.0. The molecule has 0 rings (SSSR count). The van der Waals surface area contributed by atoms with E-state index in [4.69, 9.17) is 34.4 Å². The van der Waals surface area contributed by atoms with Crippen molar-refractivity contribution in [2.24, 2.45) is 56.2 Å². The SMILES string of the molecule is CC(C)[C@H](NC(=O)[C@H](CCCN=C(N)N)NC(=O)[C@@H](N)CCCN=C(N)N)C(=O)N[C@H](C(=O)N[C@@H](CCC(N)=O)C(=O)O)C(C)C. The van der Waals surface area contributed by atoms with Gasteiger partial charge in [0.2, 0.25) is 29.5 Å². The van der Waals surface area contributed by atoms with Gasteiger partial charge in [-0.25, -0.2) is 4.79 Å². The fourth-order valence-electron chi connectivity index (χ4n) is 4.07. The Balaban J connectivity index is 5.78. The molecule has 0 aliphatic carbocycles. The van der Waals surface area contributed by atoms with Crippen LogP contribution in [0.25, 0.3) is 0 Å². The second kappa shape index (κ2) is 21.1. The number of primary amides is 1. The maximum Gasteiger partial charge on any atom is 0.326 e. The van der Waals surface area contributed by atoms with Crippen LogP contribution >= 0.6 is 0 Å². The van der Waals surface area contributed by atoms with Crippen LogP contribution in [0.1, 0.15) is 66.2 Å². The Labute approximate surface area is 268 Å². The van der Waals surface area contributed by atoms with Crippen LogP contribution in [0.15, 0.2) is 9.98 Å². The van der Waals surface area contributed by atoms with E-state index < -0.39 is 77.6 Å². The van der Waals surface area contributed by atoms with Gasteiger partial charge >= 0.3 is 5.97 Å². The van der Waals surface area contributed by atoms with Gasteiger partial charge in [-0.15, -0.1) is 0 Å². The summed E-state index contributed by atoms with van der Waals surface area (Å²) >= 11 is 0. The Morgan fingerprint density at radius 2 is 1.04 bits per heavy atom.